The second kappa shape index (κ2) is 6.11. The maximum atomic E-state index is 11.7. The number of pyridine rings is 1. The Morgan fingerprint density at radius 2 is 2.44 bits per heavy atom. The summed E-state index contributed by atoms with van der Waals surface area (Å²) in [6.07, 6.45) is 3.12. The molecule has 2 rings (SSSR count). The molecule has 6 nitrogen and oxygen atoms in total. The number of carbonyl (C=O) groups excluding carboxylic acids is 2. The Morgan fingerprint density at radius 3 is 3.17 bits per heavy atom. The van der Waals surface area contributed by atoms with Gasteiger partial charge >= 0.3 is 0 Å². The topological polar surface area (TPSA) is 71.5 Å². The lowest BCUT2D eigenvalue weighted by molar-refractivity contribution is -0.142. The van der Waals surface area contributed by atoms with Crippen molar-refractivity contribution in [1.82, 2.24) is 15.2 Å². The van der Waals surface area contributed by atoms with Gasteiger partial charge < -0.3 is 15.0 Å². The molecular formula is C12H15N3O3. The molecule has 0 bridgehead atoms. The first kappa shape index (κ1) is 12.5. The second-order valence-corrected chi connectivity index (χ2v) is 3.93. The van der Waals surface area contributed by atoms with E-state index in [-0.39, 0.29) is 18.4 Å². The van der Waals surface area contributed by atoms with Crippen LogP contribution in [0.25, 0.3) is 0 Å². The van der Waals surface area contributed by atoms with Crippen LogP contribution in [0.5, 0.6) is 0 Å². The van der Waals surface area contributed by atoms with Gasteiger partial charge in [0, 0.05) is 32.0 Å². The molecule has 18 heavy (non-hydrogen) atoms. The summed E-state index contributed by atoms with van der Waals surface area (Å²) in [6.45, 7) is 2.22. The molecule has 2 amide bonds. The maximum Gasteiger partial charge on any atom is 0.252 e. The molecule has 0 atom stereocenters. The Balaban J connectivity index is 1.75. The highest BCUT2D eigenvalue weighted by Crippen LogP contribution is 1.98. The van der Waals surface area contributed by atoms with Gasteiger partial charge in [0.2, 0.25) is 5.91 Å². The monoisotopic (exact) mass is 249 g/mol. The lowest BCUT2D eigenvalue weighted by Gasteiger charge is -2.26. The summed E-state index contributed by atoms with van der Waals surface area (Å²) in [6, 6.07) is 3.41. The summed E-state index contributed by atoms with van der Waals surface area (Å²) in [5.74, 6) is -0.208. The SMILES string of the molecule is O=C(NCCN1CCOCC1=O)c1cccnc1. The molecule has 0 unspecified atom stereocenters. The smallest absolute Gasteiger partial charge is 0.252 e. The summed E-state index contributed by atoms with van der Waals surface area (Å²) >= 11 is 0. The van der Waals surface area contributed by atoms with Crippen LogP contribution in [0, 0.1) is 0 Å². The van der Waals surface area contributed by atoms with Gasteiger partial charge in [-0.2, -0.15) is 0 Å². The summed E-state index contributed by atoms with van der Waals surface area (Å²) in [7, 11) is 0. The van der Waals surface area contributed by atoms with Crippen molar-refractivity contribution in [2.75, 3.05) is 32.8 Å². The van der Waals surface area contributed by atoms with E-state index in [2.05, 4.69) is 10.3 Å². The Hall–Kier alpha value is -1.95. The van der Waals surface area contributed by atoms with Gasteiger partial charge in [-0.3, -0.25) is 14.6 Å². The highest BCUT2D eigenvalue weighted by molar-refractivity contribution is 5.93. The van der Waals surface area contributed by atoms with Crippen molar-refractivity contribution in [3.05, 3.63) is 30.1 Å². The van der Waals surface area contributed by atoms with Gasteiger partial charge in [0.25, 0.3) is 5.91 Å². The van der Waals surface area contributed by atoms with E-state index in [9.17, 15) is 9.59 Å². The first-order valence-electron chi connectivity index (χ1n) is 5.81. The third-order valence-electron chi connectivity index (χ3n) is 2.67. The molecule has 1 aliphatic heterocycles. The van der Waals surface area contributed by atoms with Crippen LogP contribution in [0.4, 0.5) is 0 Å². The zero-order valence-corrected chi connectivity index (χ0v) is 9.96. The largest absolute Gasteiger partial charge is 0.370 e. The van der Waals surface area contributed by atoms with Gasteiger partial charge in [-0.15, -0.1) is 0 Å². The first-order chi connectivity index (χ1) is 8.77. The van der Waals surface area contributed by atoms with Gasteiger partial charge in [-0.05, 0) is 12.1 Å². The van der Waals surface area contributed by atoms with Crippen molar-refractivity contribution in [3.8, 4) is 0 Å². The van der Waals surface area contributed by atoms with E-state index in [1.54, 1.807) is 23.2 Å². The third kappa shape index (κ3) is 3.27. The average Bonchev–Trinajstić information content (AvgIpc) is 2.42. The number of aromatic nitrogens is 1. The minimum absolute atomic E-state index is 0.0307. The van der Waals surface area contributed by atoms with Gasteiger partial charge in [0.1, 0.15) is 6.61 Å². The molecule has 1 aromatic rings. The molecule has 0 saturated carbocycles. The maximum absolute atomic E-state index is 11.7. The van der Waals surface area contributed by atoms with E-state index >= 15 is 0 Å². The van der Waals surface area contributed by atoms with Crippen molar-refractivity contribution < 1.29 is 14.3 Å². The molecule has 0 spiro atoms. The van der Waals surface area contributed by atoms with Crippen molar-refractivity contribution >= 4 is 11.8 Å². The molecule has 1 fully saturated rings. The van der Waals surface area contributed by atoms with Gasteiger partial charge in [0.15, 0.2) is 0 Å². The quantitative estimate of drug-likeness (QED) is 0.793. The molecule has 1 aliphatic rings. The minimum Gasteiger partial charge on any atom is -0.370 e. The standard InChI is InChI=1S/C12H15N3O3/c16-11-9-18-7-6-15(11)5-4-14-12(17)10-2-1-3-13-8-10/h1-3,8H,4-7,9H2,(H,14,17). The van der Waals surface area contributed by atoms with E-state index in [4.69, 9.17) is 4.74 Å². The third-order valence-corrected chi connectivity index (χ3v) is 2.67. The summed E-state index contributed by atoms with van der Waals surface area (Å²) in [5, 5.41) is 2.75. The second-order valence-electron chi connectivity index (χ2n) is 3.93. The van der Waals surface area contributed by atoms with Crippen LogP contribution < -0.4 is 5.32 Å². The van der Waals surface area contributed by atoms with Gasteiger partial charge in [-0.1, -0.05) is 0 Å². The molecule has 0 aromatic carbocycles. The highest BCUT2D eigenvalue weighted by atomic mass is 16.5. The zero-order chi connectivity index (χ0) is 12.8. The van der Waals surface area contributed by atoms with E-state index in [0.29, 0.717) is 31.8 Å². The molecule has 1 N–H and O–H groups in total. The number of ether oxygens (including phenoxy) is 1. The lowest BCUT2D eigenvalue weighted by Crippen LogP contribution is -2.45. The lowest BCUT2D eigenvalue weighted by atomic mass is 10.3. The van der Waals surface area contributed by atoms with Crippen LogP contribution in [0.1, 0.15) is 10.4 Å². The normalized spacial score (nSPS) is 15.6. The van der Waals surface area contributed by atoms with E-state index in [1.165, 1.54) is 6.20 Å². The molecule has 0 radical (unpaired) electrons. The summed E-state index contributed by atoms with van der Waals surface area (Å²) in [4.78, 5) is 28.7. The fourth-order valence-electron chi connectivity index (χ4n) is 1.69. The fraction of sp³-hybridized carbons (Fsp3) is 0.417. The number of carbonyl (C=O) groups is 2. The Bertz CT molecular complexity index is 422. The van der Waals surface area contributed by atoms with Crippen LogP contribution >= 0.6 is 0 Å². The summed E-state index contributed by atoms with van der Waals surface area (Å²) in [5.41, 5.74) is 0.519. The van der Waals surface area contributed by atoms with Crippen molar-refractivity contribution in [3.63, 3.8) is 0 Å². The number of rotatable bonds is 4. The van der Waals surface area contributed by atoms with Crippen molar-refractivity contribution in [2.24, 2.45) is 0 Å². The highest BCUT2D eigenvalue weighted by Gasteiger charge is 2.17. The molecule has 6 heteroatoms. The van der Waals surface area contributed by atoms with Gasteiger partial charge in [-0.25, -0.2) is 0 Å². The van der Waals surface area contributed by atoms with Crippen molar-refractivity contribution in [2.45, 2.75) is 0 Å². The number of hydrogen-bond acceptors (Lipinski definition) is 4. The van der Waals surface area contributed by atoms with Crippen LogP contribution in [0.2, 0.25) is 0 Å². The van der Waals surface area contributed by atoms with Gasteiger partial charge in [0.05, 0.1) is 12.2 Å². The Labute approximate surface area is 105 Å². The molecule has 1 aromatic heterocycles. The predicted molar refractivity (Wildman–Crippen MR) is 64.0 cm³/mol. The first-order valence-corrected chi connectivity index (χ1v) is 5.81. The average molecular weight is 249 g/mol. The van der Waals surface area contributed by atoms with E-state index < -0.39 is 0 Å². The Kier molecular flexibility index (Phi) is 4.25. The molecule has 96 valence electrons. The molecule has 1 saturated heterocycles. The molecule has 2 heterocycles. The number of nitrogens with zero attached hydrogens (tertiary/aromatic N) is 2. The number of hydrogen-bond donors (Lipinski definition) is 1. The number of amides is 2. The minimum atomic E-state index is -0.177. The van der Waals surface area contributed by atoms with E-state index in [1.807, 2.05) is 0 Å². The zero-order valence-electron chi connectivity index (χ0n) is 9.96. The van der Waals surface area contributed by atoms with Crippen molar-refractivity contribution in [1.29, 1.82) is 0 Å². The number of nitrogens with one attached hydrogen (secondary N) is 1. The molecular weight excluding hydrogens is 234 g/mol. The number of morpholine rings is 1. The summed E-state index contributed by atoms with van der Waals surface area (Å²) < 4.78 is 5.02. The molecule has 0 aliphatic carbocycles. The van der Waals surface area contributed by atoms with Crippen LogP contribution in [0.15, 0.2) is 24.5 Å². The van der Waals surface area contributed by atoms with E-state index in [0.717, 1.165) is 0 Å². The van der Waals surface area contributed by atoms with Crippen LogP contribution in [-0.2, 0) is 9.53 Å². The Morgan fingerprint density at radius 1 is 1.56 bits per heavy atom. The predicted octanol–water partition coefficient (Wildman–Crippen LogP) is -0.330. The fourth-order valence-corrected chi connectivity index (χ4v) is 1.69. The van der Waals surface area contributed by atoms with Crippen LogP contribution in [0.3, 0.4) is 0 Å². The van der Waals surface area contributed by atoms with Crippen LogP contribution in [-0.4, -0.2) is 54.5 Å².